The van der Waals surface area contributed by atoms with Crippen molar-refractivity contribution >= 4 is 17.9 Å². The molecule has 6 heteroatoms. The van der Waals surface area contributed by atoms with Crippen molar-refractivity contribution in [2.75, 3.05) is 13.2 Å². The van der Waals surface area contributed by atoms with E-state index in [0.717, 1.165) is 29.5 Å². The zero-order valence-electron chi connectivity index (χ0n) is 16.7. The smallest absolute Gasteiger partial charge is 0.417 e. The lowest BCUT2D eigenvalue weighted by Crippen LogP contribution is -2.51. The average molecular weight is 404 g/mol. The Bertz CT molecular complexity index is 986. The van der Waals surface area contributed by atoms with E-state index in [9.17, 15) is 14.4 Å². The summed E-state index contributed by atoms with van der Waals surface area (Å²) in [7, 11) is 0. The molecule has 2 aromatic carbocycles. The third kappa shape index (κ3) is 3.47. The fourth-order valence-electron chi connectivity index (χ4n) is 4.49. The molecule has 2 aromatic rings. The van der Waals surface area contributed by atoms with Crippen molar-refractivity contribution in [1.29, 1.82) is 0 Å². The van der Waals surface area contributed by atoms with Gasteiger partial charge in [0.2, 0.25) is 5.91 Å². The molecule has 5 rings (SSSR count). The quantitative estimate of drug-likeness (QED) is 0.768. The number of hydrogen-bond donors (Lipinski definition) is 0. The average Bonchev–Trinajstić information content (AvgIpc) is 3.50. The van der Waals surface area contributed by atoms with Crippen LogP contribution in [0.25, 0.3) is 0 Å². The Labute approximate surface area is 175 Å². The van der Waals surface area contributed by atoms with Gasteiger partial charge < -0.3 is 9.64 Å². The largest absolute Gasteiger partial charge is 0.447 e. The SMILES string of the molecule is O=C1OCC(Cc2ccccc2)N1C(=O)[C@@H]1c2ccccc2CC(=O)N1CC1CC1. The molecule has 3 aliphatic rings. The number of fused-ring (bicyclic) bond motifs is 1. The molecule has 0 bridgehead atoms. The van der Waals surface area contributed by atoms with Crippen LogP contribution in [0.3, 0.4) is 0 Å². The van der Waals surface area contributed by atoms with Gasteiger partial charge in [-0.15, -0.1) is 0 Å². The number of carbonyl (C=O) groups is 3. The van der Waals surface area contributed by atoms with Gasteiger partial charge in [0, 0.05) is 6.54 Å². The molecule has 30 heavy (non-hydrogen) atoms. The number of amides is 3. The molecule has 0 spiro atoms. The van der Waals surface area contributed by atoms with E-state index >= 15 is 0 Å². The highest BCUT2D eigenvalue weighted by Crippen LogP contribution is 2.38. The van der Waals surface area contributed by atoms with Gasteiger partial charge in [-0.3, -0.25) is 9.59 Å². The molecule has 1 saturated carbocycles. The Balaban J connectivity index is 1.48. The van der Waals surface area contributed by atoms with Crippen molar-refractivity contribution in [3.63, 3.8) is 0 Å². The number of carbonyl (C=O) groups excluding carboxylic acids is 3. The van der Waals surface area contributed by atoms with Crippen LogP contribution in [0.4, 0.5) is 4.79 Å². The zero-order chi connectivity index (χ0) is 20.7. The summed E-state index contributed by atoms with van der Waals surface area (Å²) in [5.41, 5.74) is 2.72. The van der Waals surface area contributed by atoms with Crippen LogP contribution < -0.4 is 0 Å². The molecule has 154 valence electrons. The number of imide groups is 1. The third-order valence-electron chi connectivity index (χ3n) is 6.22. The van der Waals surface area contributed by atoms with Crippen LogP contribution in [0, 0.1) is 5.92 Å². The molecule has 2 atom stereocenters. The van der Waals surface area contributed by atoms with Gasteiger partial charge in [-0.1, -0.05) is 54.6 Å². The highest BCUT2D eigenvalue weighted by molar-refractivity contribution is 6.00. The first kappa shape index (κ1) is 18.9. The van der Waals surface area contributed by atoms with E-state index in [1.807, 2.05) is 54.6 Å². The fraction of sp³-hybridized carbons (Fsp3) is 0.375. The Morgan fingerprint density at radius 1 is 1.00 bits per heavy atom. The van der Waals surface area contributed by atoms with Gasteiger partial charge in [-0.25, -0.2) is 9.69 Å². The summed E-state index contributed by atoms with van der Waals surface area (Å²) in [5, 5.41) is 0. The third-order valence-corrected chi connectivity index (χ3v) is 6.22. The molecule has 2 fully saturated rings. The standard InChI is InChI=1S/C24H24N2O4/c27-21-13-18-8-4-5-9-20(18)22(25(21)14-17-10-11-17)23(28)26-19(15-30-24(26)29)12-16-6-2-1-3-7-16/h1-9,17,19,22H,10-15H2/t19?,22-/m0/s1. The lowest BCUT2D eigenvalue weighted by Gasteiger charge is -2.38. The van der Waals surface area contributed by atoms with Crippen molar-refractivity contribution in [2.24, 2.45) is 5.92 Å². The van der Waals surface area contributed by atoms with E-state index in [2.05, 4.69) is 0 Å². The van der Waals surface area contributed by atoms with Crippen molar-refractivity contribution in [2.45, 2.75) is 37.8 Å². The van der Waals surface area contributed by atoms with E-state index in [1.165, 1.54) is 4.90 Å². The van der Waals surface area contributed by atoms with E-state index < -0.39 is 12.1 Å². The normalized spacial score (nSPS) is 23.3. The summed E-state index contributed by atoms with van der Waals surface area (Å²) in [4.78, 5) is 42.2. The second-order valence-electron chi connectivity index (χ2n) is 8.40. The van der Waals surface area contributed by atoms with Crippen LogP contribution >= 0.6 is 0 Å². The molecule has 1 aliphatic carbocycles. The predicted molar refractivity (Wildman–Crippen MR) is 109 cm³/mol. The second-order valence-corrected chi connectivity index (χ2v) is 8.40. The number of nitrogens with zero attached hydrogens (tertiary/aromatic N) is 2. The first-order valence-corrected chi connectivity index (χ1v) is 10.5. The van der Waals surface area contributed by atoms with Crippen LogP contribution in [0.2, 0.25) is 0 Å². The van der Waals surface area contributed by atoms with Crippen LogP contribution in [-0.4, -0.2) is 46.9 Å². The molecule has 2 heterocycles. The molecule has 6 nitrogen and oxygen atoms in total. The van der Waals surface area contributed by atoms with Crippen molar-refractivity contribution in [1.82, 2.24) is 9.80 Å². The van der Waals surface area contributed by atoms with Gasteiger partial charge in [0.05, 0.1) is 12.5 Å². The second kappa shape index (κ2) is 7.59. The van der Waals surface area contributed by atoms with Crippen LogP contribution in [0.15, 0.2) is 54.6 Å². The molecular formula is C24H24N2O4. The predicted octanol–water partition coefficient (Wildman–Crippen LogP) is 3.11. The summed E-state index contributed by atoms with van der Waals surface area (Å²) in [6, 6.07) is 16.2. The molecule has 0 aromatic heterocycles. The van der Waals surface area contributed by atoms with Gasteiger partial charge in [0.1, 0.15) is 12.6 Å². The topological polar surface area (TPSA) is 66.9 Å². The monoisotopic (exact) mass is 404 g/mol. The van der Waals surface area contributed by atoms with Crippen LogP contribution in [0.1, 0.15) is 35.6 Å². The Kier molecular flexibility index (Phi) is 4.77. The van der Waals surface area contributed by atoms with Crippen molar-refractivity contribution < 1.29 is 19.1 Å². The van der Waals surface area contributed by atoms with E-state index in [-0.39, 0.29) is 24.5 Å². The number of rotatable bonds is 5. The van der Waals surface area contributed by atoms with E-state index in [1.54, 1.807) is 4.90 Å². The number of benzene rings is 2. The van der Waals surface area contributed by atoms with Gasteiger partial charge in [-0.05, 0) is 41.9 Å². The minimum absolute atomic E-state index is 0.0499. The molecule has 0 N–H and O–H groups in total. The first-order chi connectivity index (χ1) is 14.6. The van der Waals surface area contributed by atoms with Gasteiger partial charge >= 0.3 is 6.09 Å². The lowest BCUT2D eigenvalue weighted by atomic mass is 9.90. The Morgan fingerprint density at radius 3 is 2.50 bits per heavy atom. The molecule has 0 radical (unpaired) electrons. The lowest BCUT2D eigenvalue weighted by molar-refractivity contribution is -0.146. The van der Waals surface area contributed by atoms with Crippen LogP contribution in [0.5, 0.6) is 0 Å². The number of hydrogen-bond acceptors (Lipinski definition) is 4. The number of ether oxygens (including phenoxy) is 1. The molecule has 1 saturated heterocycles. The highest BCUT2D eigenvalue weighted by Gasteiger charge is 2.47. The van der Waals surface area contributed by atoms with Crippen LogP contribution in [-0.2, 0) is 27.2 Å². The van der Waals surface area contributed by atoms with Gasteiger partial charge in [0.15, 0.2) is 0 Å². The summed E-state index contributed by atoms with van der Waals surface area (Å²) in [5.74, 6) is 0.0332. The minimum atomic E-state index is -0.771. The summed E-state index contributed by atoms with van der Waals surface area (Å²) in [6.07, 6.45) is 2.36. The summed E-state index contributed by atoms with van der Waals surface area (Å²) < 4.78 is 5.27. The van der Waals surface area contributed by atoms with Crippen molar-refractivity contribution in [3.05, 3.63) is 71.3 Å². The van der Waals surface area contributed by atoms with Gasteiger partial charge in [-0.2, -0.15) is 0 Å². The van der Waals surface area contributed by atoms with Gasteiger partial charge in [0.25, 0.3) is 5.91 Å². The zero-order valence-corrected chi connectivity index (χ0v) is 16.7. The maximum absolute atomic E-state index is 13.8. The highest BCUT2D eigenvalue weighted by atomic mass is 16.6. The first-order valence-electron chi connectivity index (χ1n) is 10.5. The maximum atomic E-state index is 13.8. The molecular weight excluding hydrogens is 380 g/mol. The maximum Gasteiger partial charge on any atom is 0.417 e. The molecule has 2 aliphatic heterocycles. The van der Waals surface area contributed by atoms with Crippen molar-refractivity contribution in [3.8, 4) is 0 Å². The number of cyclic esters (lactones) is 1. The molecule has 1 unspecified atom stereocenters. The Hall–Kier alpha value is -3.15. The fourth-order valence-corrected chi connectivity index (χ4v) is 4.49. The summed E-state index contributed by atoms with van der Waals surface area (Å²) >= 11 is 0. The van der Waals surface area contributed by atoms with E-state index in [0.29, 0.717) is 25.3 Å². The molecule has 3 amide bonds. The van der Waals surface area contributed by atoms with E-state index in [4.69, 9.17) is 4.74 Å². The Morgan fingerprint density at radius 2 is 1.73 bits per heavy atom. The minimum Gasteiger partial charge on any atom is -0.447 e. The summed E-state index contributed by atoms with van der Waals surface area (Å²) in [6.45, 7) is 0.736.